The number of aryl methyl sites for hydroxylation is 3. The molecule has 5 fully saturated rings. The maximum atomic E-state index is 13.1. The van der Waals surface area contributed by atoms with Crippen LogP contribution in [-0.2, 0) is 34.0 Å². The van der Waals surface area contributed by atoms with Crippen LogP contribution in [0, 0.1) is 53.3 Å². The third kappa shape index (κ3) is 31.7. The fraction of sp³-hybridized carbons (Fsp3) is 0.685. The van der Waals surface area contributed by atoms with Gasteiger partial charge < -0.3 is 91.9 Å². The first-order valence-electron chi connectivity index (χ1n) is 44.4. The van der Waals surface area contributed by atoms with E-state index in [1.165, 1.54) is 97.6 Å². The van der Waals surface area contributed by atoms with Crippen molar-refractivity contribution in [3.05, 3.63) is 89.5 Å². The number of rotatable bonds is 24. The van der Waals surface area contributed by atoms with Gasteiger partial charge >= 0.3 is 24.8 Å². The minimum absolute atomic E-state index is 0. The van der Waals surface area contributed by atoms with Gasteiger partial charge in [0.05, 0.1) is 49.6 Å². The number of piperidine rings is 5. The van der Waals surface area contributed by atoms with E-state index in [4.69, 9.17) is 36.1 Å². The topological polar surface area (TPSA) is 284 Å². The monoisotopic (exact) mass is 1630 g/mol. The zero-order chi connectivity index (χ0) is 82.8. The zero-order valence-corrected chi connectivity index (χ0v) is 73.4. The summed E-state index contributed by atoms with van der Waals surface area (Å²) in [6.07, 6.45) is 21.0. The van der Waals surface area contributed by atoms with Crippen LogP contribution in [0.25, 0.3) is 32.7 Å². The molecule has 0 radical (unpaired) electrons. The molecule has 650 valence electrons. The fourth-order valence-electron chi connectivity index (χ4n) is 16.6. The zero-order valence-electron chi connectivity index (χ0n) is 74.4. The molecule has 0 spiro atoms. The Morgan fingerprint density at radius 3 is 1.09 bits per heavy atom. The number of ether oxygens (including phenoxy) is 4. The molecule has 8 aliphatic rings. The molecule has 5 saturated heterocycles. The summed E-state index contributed by atoms with van der Waals surface area (Å²) in [5.41, 5.74) is 21.2. The van der Waals surface area contributed by atoms with E-state index in [1.54, 1.807) is 0 Å². The Morgan fingerprint density at radius 2 is 0.786 bits per heavy atom. The van der Waals surface area contributed by atoms with Crippen LogP contribution in [0.2, 0.25) is 0 Å². The predicted molar refractivity (Wildman–Crippen MR) is 477 cm³/mol. The van der Waals surface area contributed by atoms with Crippen LogP contribution in [0.1, 0.15) is 224 Å². The molecule has 3 aromatic carbocycles. The Kier molecular flexibility index (Phi) is 45.1. The number of primary amides is 2. The van der Waals surface area contributed by atoms with E-state index in [1.807, 2.05) is 72.2 Å². The van der Waals surface area contributed by atoms with Crippen molar-refractivity contribution in [1.82, 2.24) is 49.3 Å². The molecule has 117 heavy (non-hydrogen) atoms. The molecule has 0 saturated carbocycles. The van der Waals surface area contributed by atoms with Gasteiger partial charge in [-0.15, -0.1) is 0 Å². The number of nitrogens with two attached hydrogens (primary N) is 3. The van der Waals surface area contributed by atoms with Crippen molar-refractivity contribution in [2.24, 2.45) is 70.5 Å². The van der Waals surface area contributed by atoms with E-state index in [-0.39, 0.29) is 85.2 Å². The maximum absolute atomic E-state index is 13.1. The molecule has 0 bridgehead atoms. The number of amides is 4. The first-order valence-corrected chi connectivity index (χ1v) is 44.4. The van der Waals surface area contributed by atoms with Crippen LogP contribution in [0.5, 0.6) is 17.6 Å². The van der Waals surface area contributed by atoms with Crippen LogP contribution in [0.4, 0.5) is 0 Å². The third-order valence-corrected chi connectivity index (χ3v) is 24.0. The number of nitrogens with zero attached hydrogens (tertiary/aromatic N) is 7. The van der Waals surface area contributed by atoms with Gasteiger partial charge in [0.1, 0.15) is 16.7 Å². The number of aliphatic hydroxyl groups is 1. The van der Waals surface area contributed by atoms with Gasteiger partial charge in [0.15, 0.2) is 17.4 Å². The number of carbonyl (C=O) groups is 5. The second-order valence-corrected chi connectivity index (χ2v) is 35.0. The summed E-state index contributed by atoms with van der Waals surface area (Å²) in [6.45, 7) is 44.8. The van der Waals surface area contributed by atoms with Crippen LogP contribution >= 0.6 is 0 Å². The number of hydrogen-bond acceptors (Lipinski definition) is 16. The molecule has 14 rings (SSSR count). The second kappa shape index (κ2) is 52.9. The quantitative estimate of drug-likeness (QED) is 0.0219. The minimum Gasteiger partial charge on any atom is -1.00 e. The Labute approximate surface area is 725 Å². The van der Waals surface area contributed by atoms with E-state index in [0.29, 0.717) is 60.8 Å². The van der Waals surface area contributed by atoms with Crippen molar-refractivity contribution in [3.63, 3.8) is 0 Å². The molecule has 4 amide bonds. The number of benzene rings is 3. The SMILES string of the molecule is CC(C)CCN1CCC(C(N)=O)CC1.CC(C)CCN1CCC(CN)CC1.CC(C)CCN1CCC(CNC(=O)c2c3n(c4ccccc24)CCCO3)CC1.CC(O)CCN1CCC(CNC(=O)c2c3n(c4ccccc24)CCCO3)CC1.CCCC(C)C.COC(=O)c1c2n(c3ccccc13)CCCO2.NC(=O)C1CCNCC1.[AlH3].[H-].[Li+]. The summed E-state index contributed by atoms with van der Waals surface area (Å²) in [4.78, 5) is 69.4. The van der Waals surface area contributed by atoms with E-state index in [0.717, 1.165) is 230 Å². The summed E-state index contributed by atoms with van der Waals surface area (Å²) in [6, 6.07) is 24.0. The van der Waals surface area contributed by atoms with Gasteiger partial charge in [-0.1, -0.05) is 130 Å². The van der Waals surface area contributed by atoms with E-state index in [2.05, 4.69) is 119 Å². The van der Waals surface area contributed by atoms with Gasteiger partial charge in [0.2, 0.25) is 29.5 Å². The number of esters is 1. The Hall–Kier alpha value is -6.12. The van der Waals surface area contributed by atoms with Gasteiger partial charge in [0.25, 0.3) is 11.8 Å². The molecule has 23 nitrogen and oxygen atoms in total. The van der Waals surface area contributed by atoms with Crippen molar-refractivity contribution in [1.29, 1.82) is 0 Å². The predicted octanol–water partition coefficient (Wildman–Crippen LogP) is 9.54. The Bertz CT molecular complexity index is 3750. The minimum atomic E-state index is -0.336. The van der Waals surface area contributed by atoms with Crippen molar-refractivity contribution in [2.75, 3.05) is 138 Å². The third-order valence-electron chi connectivity index (χ3n) is 24.0. The molecule has 25 heteroatoms. The van der Waals surface area contributed by atoms with Crippen LogP contribution in [0.15, 0.2) is 72.8 Å². The first-order chi connectivity index (χ1) is 55.5. The number of fused-ring (bicyclic) bond motifs is 9. The van der Waals surface area contributed by atoms with Gasteiger partial charge in [-0.25, -0.2) is 4.79 Å². The summed E-state index contributed by atoms with van der Waals surface area (Å²) < 4.78 is 28.6. The van der Waals surface area contributed by atoms with Gasteiger partial charge in [-0.3, -0.25) is 19.2 Å². The molecule has 6 aromatic rings. The standard InChI is InChI=1S/C23H33N3O2.C22H31N3O3.C13H13NO3.C11H22N2O.C11H24N2.C6H12N2O.C6H14.Al.Li.4H/c1-17(2)8-12-25-13-9-18(10-14-25)16-24-22(27)21-19-6-3-4-7-20(19)26-11-5-15-28-23(21)26;1-16(26)7-11-24-12-8-17(9-13-24)15-23-21(27)20-18-5-2-3-6-19(18)25-10-4-14-28-22(20)25;1-16-13(15)11-9-5-2-3-6-10(9)14-7-4-8-17-12(11)14;1-9(2)3-6-13-7-4-10(5-8-13)11(12)14;1-10(2)3-6-13-7-4-11(9-12)5-8-13;7-6(9)5-1-3-8-4-2-5;1-4-5-6(2)3;;;;;;/h3-4,6-7,17-18H,5,8-16H2,1-2H3,(H,24,27);2-3,5-6,16-17,26H,4,7-15H2,1H3,(H,23,27);2-3,5-6H,4,7-8H2,1H3;9-10H,3-8H2,1-2H3,(H2,12,14);10-11H,3-9,12H2,1-2H3;5,8H,1-4H2,(H2,7,9);6H,4-5H2,1-3H3;;;;;;/q;;;;;;;;+1;;;;-1. The van der Waals surface area contributed by atoms with Crippen LogP contribution in [0.3, 0.4) is 0 Å². The molecular weight excluding hydrogens is 1480 g/mol. The number of methoxy groups -OCH3 is 1. The molecule has 1 atom stereocenters. The fourth-order valence-corrected chi connectivity index (χ4v) is 16.6. The largest absolute Gasteiger partial charge is 1.00 e. The maximum Gasteiger partial charge on any atom is 1.00 e. The van der Waals surface area contributed by atoms with Crippen LogP contribution in [-0.4, -0.2) is 230 Å². The van der Waals surface area contributed by atoms with Gasteiger partial charge in [-0.05, 0) is 267 Å². The first kappa shape index (κ1) is 99.7. The summed E-state index contributed by atoms with van der Waals surface area (Å²) >= 11 is 0. The molecule has 0 aliphatic carbocycles. The summed E-state index contributed by atoms with van der Waals surface area (Å²) in [5.74, 6) is 6.91. The number of aromatic nitrogens is 3. The molecule has 3 aromatic heterocycles. The number of hydrogen-bond donors (Lipinski definition) is 7. The Balaban J connectivity index is 0.000000257. The number of likely N-dealkylation sites (tertiary alicyclic amines) is 4. The van der Waals surface area contributed by atoms with Crippen molar-refractivity contribution >= 4 is 79.7 Å². The molecule has 1 unspecified atom stereocenters. The molecule has 10 N–H and O–H groups in total. The Morgan fingerprint density at radius 1 is 0.470 bits per heavy atom. The van der Waals surface area contributed by atoms with Crippen LogP contribution < -0.4 is 66.2 Å². The average Bonchev–Trinajstić information content (AvgIpc) is 1.62. The van der Waals surface area contributed by atoms with Crippen molar-refractivity contribution in [3.8, 4) is 17.6 Å². The number of nitrogens with one attached hydrogen (secondary N) is 3. The van der Waals surface area contributed by atoms with Crippen molar-refractivity contribution < 1.29 is 68.3 Å². The smallest absolute Gasteiger partial charge is 1.00 e. The van der Waals surface area contributed by atoms with E-state index in [9.17, 15) is 29.1 Å². The second-order valence-electron chi connectivity index (χ2n) is 35.0. The summed E-state index contributed by atoms with van der Waals surface area (Å²) in [7, 11) is 1.39. The number of carbonyl (C=O) groups excluding carboxylic acids is 5. The molecule has 11 heterocycles. The normalized spacial score (nSPS) is 18.0. The number of aliphatic hydroxyl groups excluding tert-OH is 1. The molecular formula is C92H153AlLiN13O10. The van der Waals surface area contributed by atoms with Crippen molar-refractivity contribution in [2.45, 2.75) is 217 Å². The van der Waals surface area contributed by atoms with Gasteiger partial charge in [0, 0.05) is 67.3 Å². The van der Waals surface area contributed by atoms with E-state index < -0.39 is 0 Å². The average molecular weight is 1640 g/mol. The molecule has 8 aliphatic heterocycles. The summed E-state index contributed by atoms with van der Waals surface area (Å²) in [5, 5.41) is 21.9. The van der Waals surface area contributed by atoms with E-state index >= 15 is 0 Å². The number of para-hydroxylation sites is 3. The van der Waals surface area contributed by atoms with Gasteiger partial charge in [-0.2, -0.15) is 0 Å².